The van der Waals surface area contributed by atoms with Crippen LogP contribution in [-0.4, -0.2) is 18.4 Å². The van der Waals surface area contributed by atoms with Crippen LogP contribution in [0.2, 0.25) is 0 Å². The lowest BCUT2D eigenvalue weighted by atomic mass is 9.82. The van der Waals surface area contributed by atoms with Gasteiger partial charge >= 0.3 is 6.16 Å². The first-order chi connectivity index (χ1) is 14.6. The third-order valence-corrected chi connectivity index (χ3v) is 6.97. The Kier molecular flexibility index (Phi) is 6.76. The van der Waals surface area contributed by atoms with Crippen LogP contribution in [0.4, 0.5) is 4.79 Å². The van der Waals surface area contributed by atoms with Crippen molar-refractivity contribution in [2.24, 2.45) is 0 Å². The van der Waals surface area contributed by atoms with E-state index in [0.29, 0.717) is 11.8 Å². The molecule has 2 aromatic carbocycles. The van der Waals surface area contributed by atoms with E-state index in [1.54, 1.807) is 0 Å². The third kappa shape index (κ3) is 5.44. The molecular formula is C27H34O3. The van der Waals surface area contributed by atoms with Gasteiger partial charge in [-0.3, -0.25) is 0 Å². The predicted octanol–water partition coefficient (Wildman–Crippen LogP) is 7.21. The number of carbonyl (C=O) groups excluding carboxylic acids is 1. The van der Waals surface area contributed by atoms with E-state index in [2.05, 4.69) is 62.4 Å². The molecule has 0 bridgehead atoms. The average Bonchev–Trinajstić information content (AvgIpc) is 2.76. The van der Waals surface area contributed by atoms with Gasteiger partial charge in [-0.2, -0.15) is 0 Å². The molecular weight excluding hydrogens is 372 g/mol. The summed E-state index contributed by atoms with van der Waals surface area (Å²) in [5.74, 6) is 1.16. The maximum atomic E-state index is 12.3. The number of rotatable bonds is 4. The molecule has 0 radical (unpaired) electrons. The molecule has 0 heterocycles. The molecule has 2 aromatic rings. The Hall–Kier alpha value is -2.29. The van der Waals surface area contributed by atoms with Crippen LogP contribution in [0.15, 0.2) is 48.5 Å². The lowest BCUT2D eigenvalue weighted by Gasteiger charge is -2.31. The predicted molar refractivity (Wildman–Crippen MR) is 120 cm³/mol. The minimum Gasteiger partial charge on any atom is -0.431 e. The van der Waals surface area contributed by atoms with Gasteiger partial charge < -0.3 is 9.47 Å². The number of benzene rings is 2. The SMILES string of the molecule is Cc1ccc(C2CCC(OC(=O)OC3CCC(c4ccc(C)cc4)CC3)CC2)cc1. The second kappa shape index (κ2) is 9.68. The highest BCUT2D eigenvalue weighted by Gasteiger charge is 2.28. The van der Waals surface area contributed by atoms with E-state index in [1.165, 1.54) is 22.3 Å². The molecule has 2 aliphatic rings. The number of aryl methyl sites for hydroxylation is 2. The lowest BCUT2D eigenvalue weighted by molar-refractivity contribution is -0.0214. The summed E-state index contributed by atoms with van der Waals surface area (Å²) < 4.78 is 11.3. The first-order valence-electron chi connectivity index (χ1n) is 11.6. The monoisotopic (exact) mass is 406 g/mol. The van der Waals surface area contributed by atoms with Crippen molar-refractivity contribution in [3.63, 3.8) is 0 Å². The lowest BCUT2D eigenvalue weighted by Crippen LogP contribution is -2.28. The van der Waals surface area contributed by atoms with Gasteiger partial charge in [0.2, 0.25) is 0 Å². The zero-order chi connectivity index (χ0) is 20.9. The standard InChI is InChI=1S/C27H34O3/c1-19-3-7-21(8-4-19)23-11-15-25(16-12-23)29-27(28)30-26-17-13-24(14-18-26)22-9-5-20(2)6-10-22/h3-10,23-26H,11-18H2,1-2H3. The molecule has 0 N–H and O–H groups in total. The smallest absolute Gasteiger partial charge is 0.431 e. The molecule has 2 aliphatic carbocycles. The van der Waals surface area contributed by atoms with Crippen LogP contribution in [0.5, 0.6) is 0 Å². The van der Waals surface area contributed by atoms with Crippen molar-refractivity contribution in [1.29, 1.82) is 0 Å². The topological polar surface area (TPSA) is 35.5 Å². The molecule has 0 atom stereocenters. The van der Waals surface area contributed by atoms with Crippen LogP contribution in [-0.2, 0) is 9.47 Å². The molecule has 2 fully saturated rings. The zero-order valence-corrected chi connectivity index (χ0v) is 18.3. The van der Waals surface area contributed by atoms with Gasteiger partial charge in [-0.1, -0.05) is 59.7 Å². The third-order valence-electron chi connectivity index (χ3n) is 6.97. The summed E-state index contributed by atoms with van der Waals surface area (Å²) >= 11 is 0. The second-order valence-electron chi connectivity index (χ2n) is 9.25. The van der Waals surface area contributed by atoms with Crippen molar-refractivity contribution in [3.8, 4) is 0 Å². The van der Waals surface area contributed by atoms with Crippen molar-refractivity contribution < 1.29 is 14.3 Å². The highest BCUT2D eigenvalue weighted by Crippen LogP contribution is 2.36. The molecule has 0 amide bonds. The summed E-state index contributed by atoms with van der Waals surface area (Å²) in [5.41, 5.74) is 5.41. The molecule has 0 spiro atoms. The minimum atomic E-state index is -0.465. The fourth-order valence-corrected chi connectivity index (χ4v) is 5.01. The fourth-order valence-electron chi connectivity index (χ4n) is 5.01. The highest BCUT2D eigenvalue weighted by molar-refractivity contribution is 5.60. The van der Waals surface area contributed by atoms with E-state index in [9.17, 15) is 4.79 Å². The zero-order valence-electron chi connectivity index (χ0n) is 18.3. The second-order valence-corrected chi connectivity index (χ2v) is 9.25. The first kappa shape index (κ1) is 21.0. The Bertz CT molecular complexity index is 739. The van der Waals surface area contributed by atoms with Gasteiger partial charge in [-0.25, -0.2) is 4.79 Å². The molecule has 0 unspecified atom stereocenters. The summed E-state index contributed by atoms with van der Waals surface area (Å²) in [6, 6.07) is 17.7. The maximum absolute atomic E-state index is 12.3. The first-order valence-corrected chi connectivity index (χ1v) is 11.6. The van der Waals surface area contributed by atoms with Gasteiger partial charge in [0.15, 0.2) is 0 Å². The fraction of sp³-hybridized carbons (Fsp3) is 0.519. The van der Waals surface area contributed by atoms with Crippen molar-refractivity contribution in [3.05, 3.63) is 70.8 Å². The van der Waals surface area contributed by atoms with Gasteiger partial charge in [-0.05, 0) is 88.2 Å². The van der Waals surface area contributed by atoms with Gasteiger partial charge in [0.25, 0.3) is 0 Å². The largest absolute Gasteiger partial charge is 0.508 e. The molecule has 3 nitrogen and oxygen atoms in total. The van der Waals surface area contributed by atoms with Gasteiger partial charge in [0.1, 0.15) is 12.2 Å². The summed E-state index contributed by atoms with van der Waals surface area (Å²) in [5, 5.41) is 0. The van der Waals surface area contributed by atoms with E-state index in [4.69, 9.17) is 9.47 Å². The molecule has 3 heteroatoms. The van der Waals surface area contributed by atoms with E-state index < -0.39 is 6.16 Å². The molecule has 0 aromatic heterocycles. The normalized spacial score (nSPS) is 26.7. The van der Waals surface area contributed by atoms with E-state index in [-0.39, 0.29) is 12.2 Å². The van der Waals surface area contributed by atoms with Crippen LogP contribution < -0.4 is 0 Å². The summed E-state index contributed by atoms with van der Waals surface area (Å²) in [6.45, 7) is 4.24. The Labute approximate surface area is 180 Å². The molecule has 4 rings (SSSR count). The van der Waals surface area contributed by atoms with Crippen molar-refractivity contribution in [2.45, 2.75) is 89.3 Å². The quantitative estimate of drug-likeness (QED) is 0.503. The van der Waals surface area contributed by atoms with Crippen LogP contribution in [0.3, 0.4) is 0 Å². The summed E-state index contributed by atoms with van der Waals surface area (Å²) in [4.78, 5) is 12.3. The molecule has 0 aliphatic heterocycles. The molecule has 160 valence electrons. The highest BCUT2D eigenvalue weighted by atomic mass is 16.7. The average molecular weight is 407 g/mol. The van der Waals surface area contributed by atoms with Crippen molar-refractivity contribution in [1.82, 2.24) is 0 Å². The van der Waals surface area contributed by atoms with Gasteiger partial charge in [-0.15, -0.1) is 0 Å². The van der Waals surface area contributed by atoms with E-state index in [1.807, 2.05) is 0 Å². The maximum Gasteiger partial charge on any atom is 0.508 e. The molecule has 30 heavy (non-hydrogen) atoms. The van der Waals surface area contributed by atoms with E-state index in [0.717, 1.165) is 51.4 Å². The number of carbonyl (C=O) groups is 1. The molecule has 2 saturated carbocycles. The van der Waals surface area contributed by atoms with Crippen molar-refractivity contribution >= 4 is 6.16 Å². The van der Waals surface area contributed by atoms with Gasteiger partial charge in [0, 0.05) is 0 Å². The van der Waals surface area contributed by atoms with Crippen LogP contribution in [0.1, 0.15) is 85.5 Å². The summed E-state index contributed by atoms with van der Waals surface area (Å²) in [6.07, 6.45) is 7.53. The Morgan fingerprint density at radius 3 is 1.27 bits per heavy atom. The Morgan fingerprint density at radius 2 is 0.933 bits per heavy atom. The molecule has 0 saturated heterocycles. The Morgan fingerprint density at radius 1 is 0.600 bits per heavy atom. The van der Waals surface area contributed by atoms with Crippen LogP contribution in [0, 0.1) is 13.8 Å². The van der Waals surface area contributed by atoms with Crippen LogP contribution in [0.25, 0.3) is 0 Å². The Balaban J connectivity index is 1.18. The summed E-state index contributed by atoms with van der Waals surface area (Å²) in [7, 11) is 0. The van der Waals surface area contributed by atoms with Gasteiger partial charge in [0.05, 0.1) is 0 Å². The van der Waals surface area contributed by atoms with Crippen LogP contribution >= 0.6 is 0 Å². The number of ether oxygens (including phenoxy) is 2. The minimum absolute atomic E-state index is 0.00287. The number of hydrogen-bond acceptors (Lipinski definition) is 3. The van der Waals surface area contributed by atoms with Crippen molar-refractivity contribution in [2.75, 3.05) is 0 Å². The number of hydrogen-bond donors (Lipinski definition) is 0. The van der Waals surface area contributed by atoms with E-state index >= 15 is 0 Å².